The van der Waals surface area contributed by atoms with Crippen LogP contribution < -0.4 is 4.90 Å². The summed E-state index contributed by atoms with van der Waals surface area (Å²) in [6, 6.07) is 65.5. The number of para-hydroxylation sites is 4. The average molecular weight is 651 g/mol. The fourth-order valence-corrected chi connectivity index (χ4v) is 8.32. The standard InChI is InChI=1S/C48H30N2O/c1-2-14-33(15-3-1)49-42-22-10-8-18-37(42)41-30-34(27-28-43(41)49)50(44-23-12-21-40-38-19-9-11-24-46(38)51-48(40)44)45-29-32-26-25-31-13-4-5-16-35(31)47(32)39-20-7-6-17-36(39)45/h1-30H. The summed E-state index contributed by atoms with van der Waals surface area (Å²) in [7, 11) is 0. The number of hydrogen-bond donors (Lipinski definition) is 0. The maximum absolute atomic E-state index is 6.74. The fraction of sp³-hybridized carbons (Fsp3) is 0. The lowest BCUT2D eigenvalue weighted by Crippen LogP contribution is -2.11. The molecule has 0 aliphatic heterocycles. The van der Waals surface area contributed by atoms with Crippen LogP contribution in [0.1, 0.15) is 0 Å². The van der Waals surface area contributed by atoms with E-state index in [4.69, 9.17) is 4.42 Å². The summed E-state index contributed by atoms with van der Waals surface area (Å²) in [5.74, 6) is 0. The van der Waals surface area contributed by atoms with E-state index < -0.39 is 0 Å². The molecule has 0 radical (unpaired) electrons. The SMILES string of the molecule is c1ccc(-n2c3ccccc3c3cc(N(c4cc5ccc6ccccc6c5c5ccccc45)c4cccc5c4oc4ccccc45)ccc32)cc1. The van der Waals surface area contributed by atoms with Crippen molar-refractivity contribution >= 4 is 93.1 Å². The second kappa shape index (κ2) is 10.8. The molecule has 0 aliphatic rings. The van der Waals surface area contributed by atoms with E-state index in [-0.39, 0.29) is 0 Å². The number of furan rings is 1. The summed E-state index contributed by atoms with van der Waals surface area (Å²) in [5, 5.41) is 12.0. The van der Waals surface area contributed by atoms with Crippen LogP contribution in [0.4, 0.5) is 17.1 Å². The maximum Gasteiger partial charge on any atom is 0.159 e. The van der Waals surface area contributed by atoms with Crippen LogP contribution in [0.2, 0.25) is 0 Å². The van der Waals surface area contributed by atoms with Gasteiger partial charge >= 0.3 is 0 Å². The van der Waals surface area contributed by atoms with Crippen molar-refractivity contribution in [3.05, 3.63) is 182 Å². The third-order valence-electron chi connectivity index (χ3n) is 10.5. The van der Waals surface area contributed by atoms with E-state index in [0.29, 0.717) is 0 Å². The number of rotatable bonds is 4. The lowest BCUT2D eigenvalue weighted by molar-refractivity contribution is 0.669. The van der Waals surface area contributed by atoms with Gasteiger partial charge in [-0.3, -0.25) is 0 Å². The van der Waals surface area contributed by atoms with Gasteiger partial charge < -0.3 is 13.9 Å². The maximum atomic E-state index is 6.74. The molecule has 0 aliphatic carbocycles. The normalized spacial score (nSPS) is 11.9. The zero-order valence-electron chi connectivity index (χ0n) is 27.6. The Morgan fingerprint density at radius 1 is 0.392 bits per heavy atom. The van der Waals surface area contributed by atoms with Crippen LogP contribution in [0.5, 0.6) is 0 Å². The van der Waals surface area contributed by atoms with E-state index >= 15 is 0 Å². The Kier molecular flexibility index (Phi) is 5.96. The van der Waals surface area contributed by atoms with Crippen molar-refractivity contribution in [1.29, 1.82) is 0 Å². The van der Waals surface area contributed by atoms with E-state index in [0.717, 1.165) is 44.7 Å². The Balaban J connectivity index is 1.26. The van der Waals surface area contributed by atoms with Crippen LogP contribution in [0, 0.1) is 0 Å². The first-order valence-electron chi connectivity index (χ1n) is 17.4. The van der Waals surface area contributed by atoms with Crippen molar-refractivity contribution in [2.75, 3.05) is 4.90 Å². The van der Waals surface area contributed by atoms with E-state index in [2.05, 4.69) is 185 Å². The summed E-state index contributed by atoms with van der Waals surface area (Å²) in [6.45, 7) is 0. The number of aromatic nitrogens is 1. The molecule has 238 valence electrons. The molecule has 0 fully saturated rings. The van der Waals surface area contributed by atoms with Gasteiger partial charge in [0.05, 0.1) is 22.4 Å². The third-order valence-corrected chi connectivity index (χ3v) is 10.5. The first-order chi connectivity index (χ1) is 25.3. The summed E-state index contributed by atoms with van der Waals surface area (Å²) >= 11 is 0. The third kappa shape index (κ3) is 4.12. The van der Waals surface area contributed by atoms with Gasteiger partial charge in [0.25, 0.3) is 0 Å². The molecule has 3 heteroatoms. The largest absolute Gasteiger partial charge is 0.454 e. The van der Waals surface area contributed by atoms with Crippen LogP contribution in [0.25, 0.3) is 81.7 Å². The quantitative estimate of drug-likeness (QED) is 0.177. The molecule has 0 atom stereocenters. The predicted octanol–water partition coefficient (Wildman–Crippen LogP) is 13.6. The topological polar surface area (TPSA) is 21.3 Å². The highest BCUT2D eigenvalue weighted by molar-refractivity contribution is 6.24. The van der Waals surface area contributed by atoms with Crippen molar-refractivity contribution < 1.29 is 4.42 Å². The van der Waals surface area contributed by atoms with Gasteiger partial charge in [0, 0.05) is 38.3 Å². The van der Waals surface area contributed by atoms with Crippen molar-refractivity contribution in [2.45, 2.75) is 0 Å². The molecular formula is C48H30N2O. The van der Waals surface area contributed by atoms with Gasteiger partial charge in [-0.05, 0) is 81.5 Å². The van der Waals surface area contributed by atoms with Gasteiger partial charge in [-0.25, -0.2) is 0 Å². The van der Waals surface area contributed by atoms with E-state index in [1.54, 1.807) is 0 Å². The molecule has 0 saturated heterocycles. The zero-order chi connectivity index (χ0) is 33.5. The minimum Gasteiger partial charge on any atom is -0.454 e. The van der Waals surface area contributed by atoms with Crippen LogP contribution in [-0.4, -0.2) is 4.57 Å². The molecule has 2 heterocycles. The minimum atomic E-state index is 0.869. The van der Waals surface area contributed by atoms with Gasteiger partial charge in [-0.2, -0.15) is 0 Å². The number of nitrogens with zero attached hydrogens (tertiary/aromatic N) is 2. The van der Waals surface area contributed by atoms with Gasteiger partial charge in [0.2, 0.25) is 0 Å². The minimum absolute atomic E-state index is 0.869. The van der Waals surface area contributed by atoms with E-state index in [1.807, 2.05) is 6.07 Å². The molecular weight excluding hydrogens is 621 g/mol. The fourth-order valence-electron chi connectivity index (χ4n) is 8.32. The van der Waals surface area contributed by atoms with E-state index in [1.165, 1.54) is 54.1 Å². The monoisotopic (exact) mass is 650 g/mol. The molecule has 11 rings (SSSR count). The van der Waals surface area contributed by atoms with Crippen LogP contribution in [0.3, 0.4) is 0 Å². The Bertz CT molecular complexity index is 3150. The Morgan fingerprint density at radius 3 is 1.94 bits per heavy atom. The van der Waals surface area contributed by atoms with Gasteiger partial charge in [-0.1, -0.05) is 127 Å². The lowest BCUT2D eigenvalue weighted by atomic mass is 9.94. The van der Waals surface area contributed by atoms with Crippen molar-refractivity contribution in [1.82, 2.24) is 4.57 Å². The molecule has 0 spiro atoms. The second-order valence-electron chi connectivity index (χ2n) is 13.3. The molecule has 51 heavy (non-hydrogen) atoms. The van der Waals surface area contributed by atoms with Crippen LogP contribution >= 0.6 is 0 Å². The van der Waals surface area contributed by atoms with Gasteiger partial charge in [0.15, 0.2) is 5.58 Å². The molecule has 0 N–H and O–H groups in total. The van der Waals surface area contributed by atoms with E-state index in [9.17, 15) is 0 Å². The molecule has 3 nitrogen and oxygen atoms in total. The molecule has 0 unspecified atom stereocenters. The molecule has 11 aromatic rings. The van der Waals surface area contributed by atoms with Crippen molar-refractivity contribution in [3.63, 3.8) is 0 Å². The smallest absolute Gasteiger partial charge is 0.159 e. The van der Waals surface area contributed by atoms with Gasteiger partial charge in [-0.15, -0.1) is 0 Å². The van der Waals surface area contributed by atoms with Crippen LogP contribution in [0.15, 0.2) is 186 Å². The second-order valence-corrected chi connectivity index (χ2v) is 13.3. The summed E-state index contributed by atoms with van der Waals surface area (Å²) in [5.41, 5.74) is 8.43. The Morgan fingerprint density at radius 2 is 1.06 bits per heavy atom. The molecule has 0 amide bonds. The highest BCUT2D eigenvalue weighted by Gasteiger charge is 2.23. The number of hydrogen-bond acceptors (Lipinski definition) is 2. The van der Waals surface area contributed by atoms with Gasteiger partial charge in [0.1, 0.15) is 5.58 Å². The first-order valence-corrected chi connectivity index (χ1v) is 17.4. The first kappa shape index (κ1) is 28.0. The van der Waals surface area contributed by atoms with Crippen molar-refractivity contribution in [3.8, 4) is 5.69 Å². The number of anilines is 3. The zero-order valence-corrected chi connectivity index (χ0v) is 27.6. The van der Waals surface area contributed by atoms with Crippen LogP contribution in [-0.2, 0) is 0 Å². The Hall–Kier alpha value is -6.84. The molecule has 0 saturated carbocycles. The summed E-state index contributed by atoms with van der Waals surface area (Å²) in [4.78, 5) is 2.41. The number of fused-ring (bicyclic) bond motifs is 11. The van der Waals surface area contributed by atoms with Crippen molar-refractivity contribution in [2.24, 2.45) is 0 Å². The summed E-state index contributed by atoms with van der Waals surface area (Å²) < 4.78 is 9.11. The highest BCUT2D eigenvalue weighted by Crippen LogP contribution is 2.48. The molecule has 0 bridgehead atoms. The highest BCUT2D eigenvalue weighted by atomic mass is 16.3. The average Bonchev–Trinajstić information content (AvgIpc) is 3.74. The summed E-state index contributed by atoms with van der Waals surface area (Å²) in [6.07, 6.45) is 0. The number of benzene rings is 9. The predicted molar refractivity (Wildman–Crippen MR) is 215 cm³/mol. The molecule has 2 aromatic heterocycles. The Labute approximate surface area is 293 Å². The lowest BCUT2D eigenvalue weighted by Gasteiger charge is -2.28. The molecule has 9 aromatic carbocycles.